The standard InChI is InChI=1S/C49H33F6N3/c1-25-30(23-56)22-47(25)43-17-29(27-6-12-32(13-7-27)49(53,54)55)9-15-34(43)37-20-42-38(21-44(37)47)36-18-40-35(19-41(36)46(42,2)3)33-14-8-28(16-39(33)45(40)58-24-57)26-4-10-31(11-5-26)48(50,51)52/h4-21,25,30,45,58H,22H2,1-3H3/t25?,30?,45?,47-/m0/s1. The number of alkyl halides is 6. The third-order valence-corrected chi connectivity index (χ3v) is 13.6. The lowest BCUT2D eigenvalue weighted by atomic mass is 9.50. The van der Waals surface area contributed by atoms with E-state index in [0.717, 1.165) is 102 Å². The maximum Gasteiger partial charge on any atom is 0.416 e. The van der Waals surface area contributed by atoms with E-state index < -0.39 is 40.4 Å². The molecule has 0 amide bonds. The first-order chi connectivity index (χ1) is 27.6. The van der Waals surface area contributed by atoms with Crippen molar-refractivity contribution in [3.8, 4) is 67.9 Å². The zero-order chi connectivity index (χ0) is 40.7. The van der Waals surface area contributed by atoms with Gasteiger partial charge >= 0.3 is 12.4 Å². The second-order valence-corrected chi connectivity index (χ2v) is 16.7. The van der Waals surface area contributed by atoms with Crippen LogP contribution in [0.5, 0.6) is 0 Å². The third-order valence-electron chi connectivity index (χ3n) is 13.6. The van der Waals surface area contributed by atoms with Crippen LogP contribution in [0.25, 0.3) is 55.6 Å². The van der Waals surface area contributed by atoms with Gasteiger partial charge in [-0.3, -0.25) is 0 Å². The van der Waals surface area contributed by atoms with Gasteiger partial charge in [-0.2, -0.15) is 36.9 Å². The highest BCUT2D eigenvalue weighted by molar-refractivity contribution is 5.94. The van der Waals surface area contributed by atoms with Crippen LogP contribution in [-0.2, 0) is 23.2 Å². The first-order valence-electron chi connectivity index (χ1n) is 19.1. The molecule has 286 valence electrons. The number of benzene rings is 6. The number of halogens is 6. The predicted octanol–water partition coefficient (Wildman–Crippen LogP) is 13.0. The minimum Gasteiger partial charge on any atom is -0.312 e. The number of fused-ring (bicyclic) bond motifs is 11. The molecule has 3 nitrogen and oxygen atoms in total. The van der Waals surface area contributed by atoms with Crippen LogP contribution in [0.4, 0.5) is 26.3 Å². The van der Waals surface area contributed by atoms with E-state index in [1.807, 2.05) is 24.3 Å². The molecule has 9 heteroatoms. The Labute approximate surface area is 331 Å². The van der Waals surface area contributed by atoms with Crippen LogP contribution in [0, 0.1) is 34.6 Å². The van der Waals surface area contributed by atoms with Gasteiger partial charge in [-0.25, -0.2) is 0 Å². The smallest absolute Gasteiger partial charge is 0.312 e. The Morgan fingerprint density at radius 3 is 1.57 bits per heavy atom. The molecule has 4 atom stereocenters. The van der Waals surface area contributed by atoms with Crippen LogP contribution >= 0.6 is 0 Å². The van der Waals surface area contributed by atoms with Crippen LogP contribution in [0.2, 0.25) is 0 Å². The van der Waals surface area contributed by atoms with Gasteiger partial charge in [0.15, 0.2) is 6.19 Å². The van der Waals surface area contributed by atoms with E-state index in [-0.39, 0.29) is 11.8 Å². The Balaban J connectivity index is 1.08. The highest BCUT2D eigenvalue weighted by Gasteiger charge is 2.58. The first-order valence-corrected chi connectivity index (χ1v) is 19.1. The third kappa shape index (κ3) is 4.86. The number of nitriles is 2. The number of hydrogen-bond donors (Lipinski definition) is 1. The summed E-state index contributed by atoms with van der Waals surface area (Å²) in [5.41, 5.74) is 13.2. The summed E-state index contributed by atoms with van der Waals surface area (Å²) in [6.07, 6.45) is -6.10. The summed E-state index contributed by atoms with van der Waals surface area (Å²) in [5, 5.41) is 23.1. The number of nitrogens with zero attached hydrogens (tertiary/aromatic N) is 2. The molecule has 58 heavy (non-hydrogen) atoms. The Morgan fingerprint density at radius 2 is 1.02 bits per heavy atom. The molecule has 0 heterocycles. The minimum absolute atomic E-state index is 0.00937. The van der Waals surface area contributed by atoms with Crippen molar-refractivity contribution in [1.29, 1.82) is 10.5 Å². The van der Waals surface area contributed by atoms with E-state index in [1.54, 1.807) is 0 Å². The van der Waals surface area contributed by atoms with Crippen molar-refractivity contribution < 1.29 is 26.3 Å². The monoisotopic (exact) mass is 777 g/mol. The molecule has 4 aliphatic carbocycles. The molecule has 1 spiro atoms. The van der Waals surface area contributed by atoms with E-state index in [0.29, 0.717) is 17.5 Å². The van der Waals surface area contributed by atoms with Gasteiger partial charge in [0.2, 0.25) is 0 Å². The molecule has 1 N–H and O–H groups in total. The van der Waals surface area contributed by atoms with Crippen LogP contribution in [0.1, 0.15) is 77.7 Å². The van der Waals surface area contributed by atoms with Crippen molar-refractivity contribution in [3.05, 3.63) is 154 Å². The molecule has 10 rings (SSSR count). The van der Waals surface area contributed by atoms with E-state index in [2.05, 4.69) is 74.7 Å². The molecule has 1 saturated carbocycles. The predicted molar refractivity (Wildman–Crippen MR) is 210 cm³/mol. The first kappa shape index (κ1) is 36.0. The van der Waals surface area contributed by atoms with Gasteiger partial charge in [0.25, 0.3) is 0 Å². The van der Waals surface area contributed by atoms with Crippen molar-refractivity contribution in [2.75, 3.05) is 0 Å². The molecule has 0 saturated heterocycles. The fourth-order valence-corrected chi connectivity index (χ4v) is 10.5. The average molecular weight is 778 g/mol. The quantitative estimate of drug-likeness (QED) is 0.111. The van der Waals surface area contributed by atoms with Gasteiger partial charge < -0.3 is 5.32 Å². The normalized spacial score (nSPS) is 21.5. The lowest BCUT2D eigenvalue weighted by molar-refractivity contribution is -0.138. The van der Waals surface area contributed by atoms with E-state index in [4.69, 9.17) is 0 Å². The maximum atomic E-state index is 13.4. The minimum atomic E-state index is -4.44. The summed E-state index contributed by atoms with van der Waals surface area (Å²) in [4.78, 5) is 0. The van der Waals surface area contributed by atoms with E-state index in [1.165, 1.54) is 24.3 Å². The number of rotatable bonds is 3. The largest absolute Gasteiger partial charge is 0.416 e. The highest BCUT2D eigenvalue weighted by atomic mass is 19.4. The number of nitrogens with one attached hydrogen (secondary N) is 1. The second-order valence-electron chi connectivity index (χ2n) is 16.7. The molecule has 0 radical (unpaired) electrons. The summed E-state index contributed by atoms with van der Waals surface area (Å²) in [5.74, 6) is -0.164. The molecule has 6 aromatic carbocycles. The summed E-state index contributed by atoms with van der Waals surface area (Å²) in [6, 6.07) is 33.3. The van der Waals surface area contributed by atoms with Crippen molar-refractivity contribution in [2.24, 2.45) is 11.8 Å². The Hall–Kier alpha value is -6.32. The average Bonchev–Trinajstić information content (AvgIpc) is 3.75. The zero-order valence-electron chi connectivity index (χ0n) is 31.5. The molecule has 3 unspecified atom stereocenters. The highest BCUT2D eigenvalue weighted by Crippen LogP contribution is 2.66. The Kier molecular flexibility index (Phi) is 7.37. The van der Waals surface area contributed by atoms with Crippen molar-refractivity contribution >= 4 is 0 Å². The van der Waals surface area contributed by atoms with Crippen molar-refractivity contribution in [3.63, 3.8) is 0 Å². The summed E-state index contributed by atoms with van der Waals surface area (Å²) in [7, 11) is 0. The fraction of sp³-hybridized carbons (Fsp3) is 0.224. The van der Waals surface area contributed by atoms with E-state index in [9.17, 15) is 36.9 Å². The van der Waals surface area contributed by atoms with E-state index >= 15 is 0 Å². The molecule has 6 aromatic rings. The van der Waals surface area contributed by atoms with Crippen LogP contribution in [0.3, 0.4) is 0 Å². The molecule has 4 aliphatic rings. The van der Waals surface area contributed by atoms with Gasteiger partial charge in [0, 0.05) is 10.8 Å². The van der Waals surface area contributed by atoms with Crippen molar-refractivity contribution in [1.82, 2.24) is 5.32 Å². The summed E-state index contributed by atoms with van der Waals surface area (Å²) in [6.45, 7) is 6.54. The molecule has 0 aliphatic heterocycles. The van der Waals surface area contributed by atoms with Crippen molar-refractivity contribution in [2.45, 2.75) is 56.4 Å². The lowest BCUT2D eigenvalue weighted by Gasteiger charge is -2.51. The van der Waals surface area contributed by atoms with Gasteiger partial charge in [0.1, 0.15) is 0 Å². The SMILES string of the molecule is CC1C(C#N)C[C@@]12c1cc(-c3ccc(C(F)(F)F)cc3)ccc1-c1cc3c(cc12)-c1cc2c(cc1C3(C)C)-c1ccc(-c3ccc(C(F)(F)F)cc3)cc1C2NC#N. The van der Waals surface area contributed by atoms with Crippen LogP contribution in [0.15, 0.2) is 109 Å². The summed E-state index contributed by atoms with van der Waals surface area (Å²) < 4.78 is 80.1. The molecule has 0 aromatic heterocycles. The van der Waals surface area contributed by atoms with Gasteiger partial charge in [-0.15, -0.1) is 0 Å². The Morgan fingerprint density at radius 1 is 0.552 bits per heavy atom. The summed E-state index contributed by atoms with van der Waals surface area (Å²) >= 11 is 0. The maximum absolute atomic E-state index is 13.4. The van der Waals surface area contributed by atoms with Gasteiger partial charge in [-0.1, -0.05) is 69.3 Å². The van der Waals surface area contributed by atoms with Crippen LogP contribution < -0.4 is 5.32 Å². The zero-order valence-corrected chi connectivity index (χ0v) is 31.5. The number of hydrogen-bond acceptors (Lipinski definition) is 3. The molecular weight excluding hydrogens is 745 g/mol. The van der Waals surface area contributed by atoms with Gasteiger partial charge in [0.05, 0.1) is 29.2 Å². The van der Waals surface area contributed by atoms with Gasteiger partial charge in [-0.05, 0) is 162 Å². The molecule has 1 fully saturated rings. The fourth-order valence-electron chi connectivity index (χ4n) is 10.5. The molecular formula is C49H33F6N3. The Bertz CT molecular complexity index is 2840. The lowest BCUT2D eigenvalue weighted by Crippen LogP contribution is -2.49. The van der Waals surface area contributed by atoms with Crippen LogP contribution in [-0.4, -0.2) is 0 Å². The topological polar surface area (TPSA) is 59.6 Å². The molecule has 0 bridgehead atoms. The second kappa shape index (κ2) is 11.9.